The Morgan fingerprint density at radius 3 is 2.38 bits per heavy atom. The highest BCUT2D eigenvalue weighted by atomic mass is 32.1. The van der Waals surface area contributed by atoms with E-state index >= 15 is 0 Å². The Morgan fingerprint density at radius 2 is 1.68 bits per heavy atom. The first-order valence-electron chi connectivity index (χ1n) is 11.0. The monoisotopic (exact) mass is 474 g/mol. The Hall–Kier alpha value is -3.85. The predicted molar refractivity (Wildman–Crippen MR) is 132 cm³/mol. The van der Waals surface area contributed by atoms with Gasteiger partial charge in [-0.05, 0) is 42.5 Å². The van der Waals surface area contributed by atoms with Crippen LogP contribution in [0.4, 0.5) is 20.9 Å². The van der Waals surface area contributed by atoms with Crippen LogP contribution in [0.15, 0.2) is 78.4 Å². The number of aromatic nitrogens is 3. The molecule has 0 unspecified atom stereocenters. The van der Waals surface area contributed by atoms with Gasteiger partial charge in [-0.3, -0.25) is 4.79 Å². The maximum absolute atomic E-state index is 13.5. The first-order chi connectivity index (χ1) is 16.7. The van der Waals surface area contributed by atoms with Crippen LogP contribution in [0.3, 0.4) is 0 Å². The van der Waals surface area contributed by atoms with Crippen molar-refractivity contribution < 1.29 is 9.18 Å². The summed E-state index contributed by atoms with van der Waals surface area (Å²) in [6.07, 6.45) is 2.91. The number of halogens is 1. The van der Waals surface area contributed by atoms with E-state index in [0.29, 0.717) is 11.3 Å². The molecule has 0 N–H and O–H groups in total. The van der Waals surface area contributed by atoms with E-state index in [4.69, 9.17) is 4.98 Å². The minimum absolute atomic E-state index is 0.243. The highest BCUT2D eigenvalue weighted by Gasteiger charge is 2.23. The van der Waals surface area contributed by atoms with Crippen LogP contribution in [0.1, 0.15) is 16.1 Å². The number of carbonyl (C=O) groups is 1. The van der Waals surface area contributed by atoms with Crippen LogP contribution in [0.25, 0.3) is 0 Å². The third kappa shape index (κ3) is 4.89. The minimum atomic E-state index is -0.354. The van der Waals surface area contributed by atoms with E-state index < -0.39 is 0 Å². The summed E-state index contributed by atoms with van der Waals surface area (Å²) in [5.41, 5.74) is 3.02. The zero-order valence-corrected chi connectivity index (χ0v) is 19.2. The second kappa shape index (κ2) is 9.96. The molecule has 172 valence electrons. The maximum Gasteiger partial charge on any atom is 0.260 e. The molecule has 4 aromatic rings. The molecule has 1 fully saturated rings. The van der Waals surface area contributed by atoms with E-state index in [1.165, 1.54) is 30.2 Å². The number of carbonyl (C=O) groups excluding carboxylic acids is 1. The van der Waals surface area contributed by atoms with Crippen LogP contribution in [0.2, 0.25) is 0 Å². The molecule has 0 saturated carbocycles. The Bertz CT molecular complexity index is 1230. The van der Waals surface area contributed by atoms with E-state index in [9.17, 15) is 9.18 Å². The maximum atomic E-state index is 13.5. The number of thiazole rings is 1. The van der Waals surface area contributed by atoms with Gasteiger partial charge in [0, 0.05) is 42.9 Å². The first-order valence-corrected chi connectivity index (χ1v) is 11.9. The number of anilines is 3. The molecule has 3 heterocycles. The third-order valence-corrected chi connectivity index (χ3v) is 6.70. The number of nitrogens with zero attached hydrogens (tertiary/aromatic N) is 6. The fraction of sp³-hybridized carbons (Fsp3) is 0.200. The third-order valence-electron chi connectivity index (χ3n) is 5.75. The molecule has 34 heavy (non-hydrogen) atoms. The van der Waals surface area contributed by atoms with Gasteiger partial charge >= 0.3 is 0 Å². The van der Waals surface area contributed by atoms with Crippen LogP contribution < -0.4 is 14.7 Å². The lowest BCUT2D eigenvalue weighted by Gasteiger charge is -2.36. The molecule has 1 aliphatic rings. The molecule has 9 heteroatoms. The van der Waals surface area contributed by atoms with Crippen molar-refractivity contribution in [2.75, 3.05) is 40.9 Å². The Morgan fingerprint density at radius 1 is 0.941 bits per heavy atom. The summed E-state index contributed by atoms with van der Waals surface area (Å²) in [5.74, 6) is -0.597. The van der Waals surface area contributed by atoms with Gasteiger partial charge < -0.3 is 14.7 Å². The van der Waals surface area contributed by atoms with Gasteiger partial charge in [0.1, 0.15) is 5.82 Å². The molecule has 0 atom stereocenters. The Kier molecular flexibility index (Phi) is 6.44. The van der Waals surface area contributed by atoms with Crippen LogP contribution in [-0.4, -0.2) is 47.3 Å². The lowest BCUT2D eigenvalue weighted by Crippen LogP contribution is -2.46. The fourth-order valence-electron chi connectivity index (χ4n) is 3.95. The first kappa shape index (κ1) is 22.0. The normalized spacial score (nSPS) is 13.7. The van der Waals surface area contributed by atoms with Crippen molar-refractivity contribution in [1.29, 1.82) is 0 Å². The molecule has 0 bridgehead atoms. The van der Waals surface area contributed by atoms with Crippen molar-refractivity contribution in [2.24, 2.45) is 0 Å². The molecular weight excluding hydrogens is 451 g/mol. The van der Waals surface area contributed by atoms with E-state index in [-0.39, 0.29) is 18.3 Å². The molecule has 5 rings (SSSR count). The van der Waals surface area contributed by atoms with E-state index in [1.807, 2.05) is 11.4 Å². The van der Waals surface area contributed by atoms with Gasteiger partial charge in [0.15, 0.2) is 5.13 Å². The van der Waals surface area contributed by atoms with Crippen LogP contribution in [-0.2, 0) is 6.54 Å². The molecule has 0 radical (unpaired) electrons. The fourth-order valence-corrected chi connectivity index (χ4v) is 4.82. The van der Waals surface area contributed by atoms with Gasteiger partial charge in [-0.2, -0.15) is 10.2 Å². The minimum Gasteiger partial charge on any atom is -0.368 e. The molecule has 1 amide bonds. The summed E-state index contributed by atoms with van der Waals surface area (Å²) in [6, 6.07) is 17.9. The number of para-hydroxylation sites is 1. The molecule has 1 aliphatic heterocycles. The van der Waals surface area contributed by atoms with Crippen molar-refractivity contribution in [2.45, 2.75) is 6.54 Å². The second-order valence-electron chi connectivity index (χ2n) is 7.93. The number of piperazine rings is 1. The number of benzene rings is 2. The Labute approximate surface area is 201 Å². The summed E-state index contributed by atoms with van der Waals surface area (Å²) in [7, 11) is 0. The largest absolute Gasteiger partial charge is 0.368 e. The quantitative estimate of drug-likeness (QED) is 0.416. The smallest absolute Gasteiger partial charge is 0.260 e. The lowest BCUT2D eigenvalue weighted by molar-refractivity contribution is 0.0984. The molecule has 1 saturated heterocycles. The van der Waals surface area contributed by atoms with Crippen molar-refractivity contribution in [3.05, 3.63) is 95.5 Å². The predicted octanol–water partition coefficient (Wildman–Crippen LogP) is 4.25. The molecular formula is C25H23FN6OS. The topological polar surface area (TPSA) is 65.5 Å². The van der Waals surface area contributed by atoms with E-state index in [1.54, 1.807) is 34.4 Å². The van der Waals surface area contributed by atoms with Crippen molar-refractivity contribution in [3.8, 4) is 0 Å². The molecule has 2 aromatic carbocycles. The highest BCUT2D eigenvalue weighted by Crippen LogP contribution is 2.26. The van der Waals surface area contributed by atoms with Crippen molar-refractivity contribution in [3.63, 3.8) is 0 Å². The number of amides is 1. The average Bonchev–Trinajstić information content (AvgIpc) is 3.37. The molecule has 2 aromatic heterocycles. The van der Waals surface area contributed by atoms with E-state index in [0.717, 1.165) is 37.0 Å². The van der Waals surface area contributed by atoms with Crippen LogP contribution >= 0.6 is 11.3 Å². The molecule has 0 aliphatic carbocycles. The van der Waals surface area contributed by atoms with Gasteiger partial charge in [0.05, 0.1) is 30.2 Å². The molecule has 0 spiro atoms. The van der Waals surface area contributed by atoms with E-state index in [2.05, 4.69) is 44.3 Å². The second-order valence-corrected chi connectivity index (χ2v) is 8.77. The van der Waals surface area contributed by atoms with Crippen LogP contribution in [0.5, 0.6) is 0 Å². The van der Waals surface area contributed by atoms with Gasteiger partial charge in [0.2, 0.25) is 0 Å². The SMILES string of the molecule is O=C(c1ccnnc1)N(Cc1csc(N2CCN(c3ccccc3)CC2)n1)c1ccc(F)cc1. The number of rotatable bonds is 6. The van der Waals surface area contributed by atoms with Gasteiger partial charge in [-0.25, -0.2) is 9.37 Å². The number of hydrogen-bond acceptors (Lipinski definition) is 7. The Balaban J connectivity index is 1.31. The lowest BCUT2D eigenvalue weighted by atomic mass is 10.2. The summed E-state index contributed by atoms with van der Waals surface area (Å²) in [4.78, 5) is 24.3. The van der Waals surface area contributed by atoms with Gasteiger partial charge in [0.25, 0.3) is 5.91 Å². The van der Waals surface area contributed by atoms with Crippen molar-refractivity contribution >= 4 is 33.8 Å². The summed E-state index contributed by atoms with van der Waals surface area (Å²) in [5, 5.41) is 10.5. The van der Waals surface area contributed by atoms with Gasteiger partial charge in [-0.1, -0.05) is 18.2 Å². The molecule has 7 nitrogen and oxygen atoms in total. The summed E-state index contributed by atoms with van der Waals surface area (Å²) >= 11 is 1.58. The zero-order chi connectivity index (χ0) is 23.3. The standard InChI is InChI=1S/C25H23FN6OS/c26-20-6-8-23(9-7-20)32(24(33)19-10-11-27-28-16-19)17-21-18-34-25(29-21)31-14-12-30(13-15-31)22-4-2-1-3-5-22/h1-11,16,18H,12-15,17H2. The number of hydrogen-bond donors (Lipinski definition) is 0. The summed E-state index contributed by atoms with van der Waals surface area (Å²) in [6.45, 7) is 3.88. The van der Waals surface area contributed by atoms with Gasteiger partial charge in [-0.15, -0.1) is 11.3 Å². The average molecular weight is 475 g/mol. The van der Waals surface area contributed by atoms with Crippen molar-refractivity contribution in [1.82, 2.24) is 15.2 Å². The highest BCUT2D eigenvalue weighted by molar-refractivity contribution is 7.13. The van der Waals surface area contributed by atoms with Crippen LogP contribution in [0, 0.1) is 5.82 Å². The zero-order valence-electron chi connectivity index (χ0n) is 18.4. The summed E-state index contributed by atoms with van der Waals surface area (Å²) < 4.78 is 13.5.